The lowest BCUT2D eigenvalue weighted by molar-refractivity contribution is 0.0337. The van der Waals surface area contributed by atoms with Crippen LogP contribution in [-0.4, -0.2) is 51.6 Å². The van der Waals surface area contributed by atoms with Gasteiger partial charge in [0.25, 0.3) is 11.5 Å². The van der Waals surface area contributed by atoms with Crippen LogP contribution in [0.1, 0.15) is 46.0 Å². The molecule has 0 unspecified atom stereocenters. The summed E-state index contributed by atoms with van der Waals surface area (Å²) in [7, 11) is 0. The van der Waals surface area contributed by atoms with Crippen molar-refractivity contribution in [3.63, 3.8) is 0 Å². The molecule has 10 heteroatoms. The summed E-state index contributed by atoms with van der Waals surface area (Å²) in [6.07, 6.45) is 3.97. The van der Waals surface area contributed by atoms with Gasteiger partial charge in [-0.3, -0.25) is 24.4 Å². The first-order chi connectivity index (χ1) is 15.1. The number of nitrogens with one attached hydrogen (secondary N) is 1. The number of nitrogens with zero attached hydrogens (tertiary/aromatic N) is 4. The predicted molar refractivity (Wildman–Crippen MR) is 122 cm³/mol. The van der Waals surface area contributed by atoms with E-state index in [0.717, 1.165) is 70.0 Å². The number of anilines is 1. The Morgan fingerprint density at radius 3 is 2.87 bits per heavy atom. The highest BCUT2D eigenvalue weighted by molar-refractivity contribution is 7.21. The van der Waals surface area contributed by atoms with Gasteiger partial charge in [0.05, 0.1) is 29.2 Å². The first-order valence-corrected chi connectivity index (χ1v) is 12.4. The zero-order chi connectivity index (χ0) is 21.4. The van der Waals surface area contributed by atoms with Crippen molar-refractivity contribution < 1.29 is 9.53 Å². The first kappa shape index (κ1) is 20.7. The van der Waals surface area contributed by atoms with Crippen LogP contribution in [0.3, 0.4) is 0 Å². The average molecular weight is 460 g/mol. The highest BCUT2D eigenvalue weighted by atomic mass is 32.1. The average Bonchev–Trinajstić information content (AvgIpc) is 3.24. The summed E-state index contributed by atoms with van der Waals surface area (Å²) < 4.78 is 7.18. The molecule has 0 saturated carbocycles. The largest absolute Gasteiger partial charge is 0.379 e. The van der Waals surface area contributed by atoms with E-state index in [1.165, 1.54) is 22.7 Å². The Balaban J connectivity index is 1.37. The van der Waals surface area contributed by atoms with Gasteiger partial charge in [-0.2, -0.15) is 0 Å². The fraction of sp³-hybridized carbons (Fsp3) is 0.524. The maximum Gasteiger partial charge on any atom is 0.267 e. The van der Waals surface area contributed by atoms with Crippen LogP contribution in [0.25, 0.3) is 10.2 Å². The van der Waals surface area contributed by atoms with Crippen molar-refractivity contribution >= 4 is 43.9 Å². The second-order valence-corrected chi connectivity index (χ2v) is 9.88. The number of rotatable bonds is 4. The van der Waals surface area contributed by atoms with Crippen LogP contribution in [0.2, 0.25) is 0 Å². The van der Waals surface area contributed by atoms with E-state index in [9.17, 15) is 9.59 Å². The number of hydrogen-bond acceptors (Lipinski definition) is 8. The minimum absolute atomic E-state index is 0.0169. The molecular weight excluding hydrogens is 434 g/mol. The molecule has 3 aromatic heterocycles. The van der Waals surface area contributed by atoms with Gasteiger partial charge >= 0.3 is 0 Å². The minimum atomic E-state index is -0.229. The van der Waals surface area contributed by atoms with Crippen LogP contribution in [-0.2, 0) is 24.2 Å². The predicted octanol–water partition coefficient (Wildman–Crippen LogP) is 3.03. The van der Waals surface area contributed by atoms with E-state index in [-0.39, 0.29) is 11.5 Å². The van der Waals surface area contributed by atoms with E-state index in [0.29, 0.717) is 32.3 Å². The second-order valence-electron chi connectivity index (χ2n) is 8.02. The monoisotopic (exact) mass is 459 g/mol. The molecule has 8 nitrogen and oxygen atoms in total. The Kier molecular flexibility index (Phi) is 5.87. The number of amides is 1. The van der Waals surface area contributed by atoms with E-state index in [1.54, 1.807) is 4.57 Å². The molecule has 1 fully saturated rings. The number of thiophene rings is 1. The van der Waals surface area contributed by atoms with Crippen LogP contribution >= 0.6 is 22.7 Å². The van der Waals surface area contributed by atoms with E-state index >= 15 is 0 Å². The molecule has 1 N–H and O–H groups in total. The van der Waals surface area contributed by atoms with Gasteiger partial charge in [-0.1, -0.05) is 6.42 Å². The quantitative estimate of drug-likeness (QED) is 0.645. The molecule has 31 heavy (non-hydrogen) atoms. The zero-order valence-corrected chi connectivity index (χ0v) is 19.1. The van der Waals surface area contributed by atoms with Gasteiger partial charge in [-0.05, 0) is 25.3 Å². The Morgan fingerprint density at radius 1 is 1.19 bits per heavy atom. The number of aryl methyl sites for hydroxylation is 2. The molecule has 164 valence electrons. The number of fused-ring (bicyclic) bond motifs is 2. The molecule has 0 radical (unpaired) electrons. The molecule has 1 amide bonds. The molecule has 2 aliphatic rings. The molecule has 5 rings (SSSR count). The SMILES string of the molecule is Cc1c(C(=O)Nc2nc(CN3CCOCC3)cs2)sc2nc3n(c(=O)c12)CCCCC3. The van der Waals surface area contributed by atoms with Crippen LogP contribution in [0.5, 0.6) is 0 Å². The molecule has 0 aliphatic carbocycles. The molecular formula is C21H25N5O3S2. The van der Waals surface area contributed by atoms with Gasteiger partial charge in [0.1, 0.15) is 10.7 Å². The summed E-state index contributed by atoms with van der Waals surface area (Å²) >= 11 is 2.72. The Labute approximate surface area is 187 Å². The summed E-state index contributed by atoms with van der Waals surface area (Å²) in [5.41, 5.74) is 1.63. The summed E-state index contributed by atoms with van der Waals surface area (Å²) in [5.74, 6) is 0.614. The number of thiazole rings is 1. The highest BCUT2D eigenvalue weighted by Crippen LogP contribution is 2.29. The van der Waals surface area contributed by atoms with Crippen molar-refractivity contribution in [3.05, 3.63) is 37.7 Å². The van der Waals surface area contributed by atoms with E-state index < -0.39 is 0 Å². The van der Waals surface area contributed by atoms with Crippen molar-refractivity contribution in [1.29, 1.82) is 0 Å². The number of hydrogen-bond donors (Lipinski definition) is 1. The molecule has 0 spiro atoms. The lowest BCUT2D eigenvalue weighted by Gasteiger charge is -2.25. The molecule has 2 aliphatic heterocycles. The van der Waals surface area contributed by atoms with Crippen molar-refractivity contribution in [2.75, 3.05) is 31.6 Å². The van der Waals surface area contributed by atoms with Gasteiger partial charge in [-0.25, -0.2) is 9.97 Å². The third kappa shape index (κ3) is 4.17. The van der Waals surface area contributed by atoms with Gasteiger partial charge in [0.15, 0.2) is 5.13 Å². The maximum absolute atomic E-state index is 13.1. The molecule has 0 atom stereocenters. The van der Waals surface area contributed by atoms with Crippen molar-refractivity contribution in [2.45, 2.75) is 45.7 Å². The van der Waals surface area contributed by atoms with Gasteiger partial charge in [-0.15, -0.1) is 22.7 Å². The minimum Gasteiger partial charge on any atom is -0.379 e. The third-order valence-corrected chi connectivity index (χ3v) is 7.87. The van der Waals surface area contributed by atoms with Crippen LogP contribution in [0, 0.1) is 6.92 Å². The number of carbonyl (C=O) groups is 1. The molecule has 5 heterocycles. The summed E-state index contributed by atoms with van der Waals surface area (Å²) in [6.45, 7) is 6.58. The van der Waals surface area contributed by atoms with Crippen molar-refractivity contribution in [2.24, 2.45) is 0 Å². The van der Waals surface area contributed by atoms with Crippen LogP contribution in [0.4, 0.5) is 5.13 Å². The van der Waals surface area contributed by atoms with Gasteiger partial charge in [0.2, 0.25) is 0 Å². The lowest BCUT2D eigenvalue weighted by atomic mass is 10.2. The number of carbonyl (C=O) groups excluding carboxylic acids is 1. The Morgan fingerprint density at radius 2 is 2.03 bits per heavy atom. The van der Waals surface area contributed by atoms with Crippen molar-refractivity contribution in [3.8, 4) is 0 Å². The van der Waals surface area contributed by atoms with Gasteiger partial charge in [0, 0.05) is 38.0 Å². The third-order valence-electron chi connectivity index (χ3n) is 5.88. The Bertz CT molecular complexity index is 1180. The fourth-order valence-electron chi connectivity index (χ4n) is 4.21. The normalized spacial score (nSPS) is 17.5. The summed E-state index contributed by atoms with van der Waals surface area (Å²) in [6, 6.07) is 0. The highest BCUT2D eigenvalue weighted by Gasteiger charge is 2.23. The Hall–Kier alpha value is -2.14. The van der Waals surface area contributed by atoms with E-state index in [1.807, 2.05) is 12.3 Å². The maximum atomic E-state index is 13.1. The standard InChI is InChI=1S/C21H25N5O3S2/c1-13-16-19(23-15-5-3-2-4-6-26(15)20(16)28)31-17(13)18(27)24-21-22-14(12-30-21)11-25-7-9-29-10-8-25/h12H,2-11H2,1H3,(H,22,24,27). The fourth-order valence-corrected chi connectivity index (χ4v) is 5.99. The topological polar surface area (TPSA) is 89.3 Å². The smallest absolute Gasteiger partial charge is 0.267 e. The number of ether oxygens (including phenoxy) is 1. The first-order valence-electron chi connectivity index (χ1n) is 10.7. The summed E-state index contributed by atoms with van der Waals surface area (Å²) in [5, 5.41) is 6.05. The van der Waals surface area contributed by atoms with Crippen molar-refractivity contribution in [1.82, 2.24) is 19.4 Å². The second kappa shape index (κ2) is 8.78. The molecule has 0 aromatic carbocycles. The van der Waals surface area contributed by atoms with E-state index in [4.69, 9.17) is 9.72 Å². The zero-order valence-electron chi connectivity index (χ0n) is 17.5. The number of aromatic nitrogens is 3. The van der Waals surface area contributed by atoms with E-state index in [2.05, 4.69) is 15.2 Å². The van der Waals surface area contributed by atoms with Crippen LogP contribution in [0.15, 0.2) is 10.2 Å². The molecule has 3 aromatic rings. The van der Waals surface area contributed by atoms with Crippen LogP contribution < -0.4 is 10.9 Å². The number of morpholine rings is 1. The molecule has 0 bridgehead atoms. The van der Waals surface area contributed by atoms with Gasteiger partial charge < -0.3 is 4.74 Å². The summed E-state index contributed by atoms with van der Waals surface area (Å²) in [4.78, 5) is 38.9. The lowest BCUT2D eigenvalue weighted by Crippen LogP contribution is -2.35. The molecule has 1 saturated heterocycles.